The van der Waals surface area contributed by atoms with Gasteiger partial charge in [0.25, 0.3) is 0 Å². The minimum atomic E-state index is 0.498. The first-order chi connectivity index (χ1) is 3.86. The van der Waals surface area contributed by atoms with Crippen LogP contribution < -0.4 is 0 Å². The maximum absolute atomic E-state index is 5.33. The second-order valence-corrected chi connectivity index (χ2v) is 2.98. The molecule has 8 heavy (non-hydrogen) atoms. The van der Waals surface area contributed by atoms with Crippen LogP contribution in [0.5, 0.6) is 0 Å². The molecule has 0 aromatic carbocycles. The van der Waals surface area contributed by atoms with Crippen LogP contribution in [-0.2, 0) is 4.74 Å². The first-order valence-corrected chi connectivity index (χ1v) is 3.33. The third kappa shape index (κ3) is 0.584. The van der Waals surface area contributed by atoms with Crippen molar-refractivity contribution in [3.8, 4) is 0 Å². The summed E-state index contributed by atoms with van der Waals surface area (Å²) >= 11 is 4.25. The van der Waals surface area contributed by atoms with Crippen molar-refractivity contribution < 1.29 is 4.74 Å². The van der Waals surface area contributed by atoms with Crippen LogP contribution in [0, 0.1) is 0 Å². The van der Waals surface area contributed by atoms with Crippen molar-refractivity contribution in [1.29, 1.82) is 0 Å². The lowest BCUT2D eigenvalue weighted by atomic mass is 10.3. The number of morpholine rings is 1. The standard InChI is InChI=1S/C5H9NOS/c8-6-2-5-1-4(6)3-7-5/h4-5,8H,1-3H2/t4-,5-/m0/s1. The van der Waals surface area contributed by atoms with Gasteiger partial charge in [0, 0.05) is 12.6 Å². The normalized spacial score (nSPS) is 46.1. The molecule has 2 atom stereocenters. The molecule has 0 amide bonds. The van der Waals surface area contributed by atoms with E-state index in [1.54, 1.807) is 0 Å². The van der Waals surface area contributed by atoms with Crippen molar-refractivity contribution in [2.75, 3.05) is 13.2 Å². The van der Waals surface area contributed by atoms with Crippen LogP contribution in [-0.4, -0.2) is 29.6 Å². The summed E-state index contributed by atoms with van der Waals surface area (Å²) in [7, 11) is 0. The van der Waals surface area contributed by atoms with E-state index < -0.39 is 0 Å². The Bertz CT molecular complexity index is 107. The first kappa shape index (κ1) is 5.09. The minimum Gasteiger partial charge on any atom is -0.375 e. The third-order valence-electron chi connectivity index (χ3n) is 1.87. The molecule has 3 heteroatoms. The molecule has 46 valence electrons. The van der Waals surface area contributed by atoms with Crippen LogP contribution in [0.4, 0.5) is 0 Å². The van der Waals surface area contributed by atoms with Gasteiger partial charge in [0.05, 0.1) is 12.7 Å². The van der Waals surface area contributed by atoms with Crippen LogP contribution >= 0.6 is 12.8 Å². The Kier molecular flexibility index (Phi) is 1.03. The average molecular weight is 131 g/mol. The van der Waals surface area contributed by atoms with Gasteiger partial charge < -0.3 is 4.74 Å². The fourth-order valence-corrected chi connectivity index (χ4v) is 1.72. The van der Waals surface area contributed by atoms with Gasteiger partial charge in [-0.1, -0.05) is 12.8 Å². The predicted molar refractivity (Wildman–Crippen MR) is 33.8 cm³/mol. The molecule has 0 spiro atoms. The Balaban J connectivity index is 2.11. The molecule has 2 aliphatic heterocycles. The molecule has 2 bridgehead atoms. The smallest absolute Gasteiger partial charge is 0.0728 e. The fourth-order valence-electron chi connectivity index (χ4n) is 1.38. The van der Waals surface area contributed by atoms with E-state index in [-0.39, 0.29) is 0 Å². The van der Waals surface area contributed by atoms with E-state index in [0.29, 0.717) is 12.1 Å². The lowest BCUT2D eigenvalue weighted by Crippen LogP contribution is -2.29. The van der Waals surface area contributed by atoms with Crippen LogP contribution in [0.3, 0.4) is 0 Å². The zero-order valence-corrected chi connectivity index (χ0v) is 5.47. The Morgan fingerprint density at radius 1 is 1.62 bits per heavy atom. The summed E-state index contributed by atoms with van der Waals surface area (Å²) in [6.45, 7) is 1.92. The fraction of sp³-hybridized carbons (Fsp3) is 1.00. The Morgan fingerprint density at radius 3 is 2.75 bits per heavy atom. The third-order valence-corrected chi connectivity index (χ3v) is 2.36. The van der Waals surface area contributed by atoms with Gasteiger partial charge in [-0.2, -0.15) is 0 Å². The summed E-state index contributed by atoms with van der Waals surface area (Å²) in [5, 5.41) is 0. The number of nitrogens with zero attached hydrogens (tertiary/aromatic N) is 1. The van der Waals surface area contributed by atoms with E-state index in [0.717, 1.165) is 13.2 Å². The van der Waals surface area contributed by atoms with Crippen molar-refractivity contribution in [2.24, 2.45) is 0 Å². The average Bonchev–Trinajstić information content (AvgIpc) is 2.23. The highest BCUT2D eigenvalue weighted by molar-refractivity contribution is 7.77. The summed E-state index contributed by atoms with van der Waals surface area (Å²) in [6, 6.07) is 0.614. The van der Waals surface area contributed by atoms with Gasteiger partial charge in [-0.25, -0.2) is 4.31 Å². The Hall–Kier alpha value is 0.270. The second-order valence-electron chi connectivity index (χ2n) is 2.47. The van der Waals surface area contributed by atoms with Crippen molar-refractivity contribution in [1.82, 2.24) is 4.31 Å². The topological polar surface area (TPSA) is 12.5 Å². The highest BCUT2D eigenvalue weighted by Gasteiger charge is 2.37. The molecule has 0 radical (unpaired) electrons. The molecule has 0 aliphatic carbocycles. The number of rotatable bonds is 0. The summed E-state index contributed by atoms with van der Waals surface area (Å²) in [4.78, 5) is 0. The van der Waals surface area contributed by atoms with Crippen LogP contribution in [0.15, 0.2) is 0 Å². The largest absolute Gasteiger partial charge is 0.375 e. The van der Waals surface area contributed by atoms with Crippen molar-refractivity contribution >= 4 is 12.8 Å². The van der Waals surface area contributed by atoms with E-state index in [4.69, 9.17) is 4.74 Å². The summed E-state index contributed by atoms with van der Waals surface area (Å²) < 4.78 is 7.41. The van der Waals surface area contributed by atoms with Crippen molar-refractivity contribution in [2.45, 2.75) is 18.6 Å². The monoisotopic (exact) mass is 131 g/mol. The lowest BCUT2D eigenvalue weighted by molar-refractivity contribution is 0.0650. The van der Waals surface area contributed by atoms with E-state index >= 15 is 0 Å². The zero-order chi connectivity index (χ0) is 5.56. The number of fused-ring (bicyclic) bond motifs is 2. The summed E-state index contributed by atoms with van der Waals surface area (Å²) in [6.07, 6.45) is 1.70. The number of hydrogen-bond acceptors (Lipinski definition) is 3. The van der Waals surface area contributed by atoms with Gasteiger partial charge in [0.15, 0.2) is 0 Å². The molecule has 2 nitrogen and oxygen atoms in total. The van der Waals surface area contributed by atoms with Gasteiger partial charge >= 0.3 is 0 Å². The summed E-state index contributed by atoms with van der Waals surface area (Å²) in [5.41, 5.74) is 0. The van der Waals surface area contributed by atoms with E-state index in [1.165, 1.54) is 6.42 Å². The second kappa shape index (κ2) is 1.62. The molecular weight excluding hydrogens is 122 g/mol. The molecule has 0 N–H and O–H groups in total. The van der Waals surface area contributed by atoms with Gasteiger partial charge in [-0.15, -0.1) is 0 Å². The molecular formula is C5H9NOS. The van der Waals surface area contributed by atoms with Crippen molar-refractivity contribution in [3.63, 3.8) is 0 Å². The van der Waals surface area contributed by atoms with Gasteiger partial charge in [-0.3, -0.25) is 0 Å². The van der Waals surface area contributed by atoms with Crippen molar-refractivity contribution in [3.05, 3.63) is 0 Å². The Morgan fingerprint density at radius 2 is 2.50 bits per heavy atom. The van der Waals surface area contributed by atoms with Gasteiger partial charge in [0.1, 0.15) is 0 Å². The molecule has 0 aromatic heterocycles. The molecule has 2 rings (SSSR count). The van der Waals surface area contributed by atoms with Crippen LogP contribution in [0.1, 0.15) is 6.42 Å². The van der Waals surface area contributed by atoms with Crippen LogP contribution in [0.25, 0.3) is 0 Å². The maximum atomic E-state index is 5.33. The first-order valence-electron chi connectivity index (χ1n) is 2.93. The molecule has 0 saturated carbocycles. The molecule has 2 heterocycles. The molecule has 2 fully saturated rings. The van der Waals surface area contributed by atoms with E-state index in [9.17, 15) is 0 Å². The lowest BCUT2D eigenvalue weighted by Gasteiger charge is -2.19. The Labute approximate surface area is 54.4 Å². The van der Waals surface area contributed by atoms with Gasteiger partial charge in [0.2, 0.25) is 0 Å². The number of hydrogen-bond donors (Lipinski definition) is 1. The minimum absolute atomic E-state index is 0.498. The molecule has 0 unspecified atom stereocenters. The quantitative estimate of drug-likeness (QED) is 0.475. The summed E-state index contributed by atoms with van der Waals surface area (Å²) in [5.74, 6) is 0. The molecule has 0 aromatic rings. The van der Waals surface area contributed by atoms with E-state index in [1.807, 2.05) is 0 Å². The zero-order valence-electron chi connectivity index (χ0n) is 4.58. The van der Waals surface area contributed by atoms with E-state index in [2.05, 4.69) is 17.1 Å². The number of ether oxygens (including phenoxy) is 1. The number of thiol groups is 1. The molecule has 2 aliphatic rings. The molecule has 2 saturated heterocycles. The highest BCUT2D eigenvalue weighted by atomic mass is 32.1. The SMILES string of the molecule is SN1C[C@@H]2C[C@H]1CO2. The van der Waals surface area contributed by atoms with Crippen LogP contribution in [0.2, 0.25) is 0 Å². The predicted octanol–water partition coefficient (Wildman–Crippen LogP) is 0.304. The van der Waals surface area contributed by atoms with Gasteiger partial charge in [-0.05, 0) is 6.42 Å². The highest BCUT2D eigenvalue weighted by Crippen LogP contribution is 2.28. The maximum Gasteiger partial charge on any atom is 0.0728 e.